The smallest absolute Gasteiger partial charge is 0.132 e. The minimum absolute atomic E-state index is 0.721. The molecule has 0 bridgehead atoms. The molecule has 0 amide bonds. The molecule has 2 rings (SSSR count). The van der Waals surface area contributed by atoms with E-state index in [1.54, 1.807) is 0 Å². The van der Waals surface area contributed by atoms with Gasteiger partial charge >= 0.3 is 0 Å². The summed E-state index contributed by atoms with van der Waals surface area (Å²) >= 11 is 9.47. The molecule has 0 saturated carbocycles. The van der Waals surface area contributed by atoms with Gasteiger partial charge in [-0.05, 0) is 55.4 Å². The monoisotopic (exact) mass is 353 g/mol. The van der Waals surface area contributed by atoms with Crippen LogP contribution in [0, 0.1) is 6.92 Å². The third kappa shape index (κ3) is 3.98. The largest absolute Gasteiger partial charge is 0.457 e. The van der Waals surface area contributed by atoms with Crippen LogP contribution in [0.4, 0.5) is 0 Å². The highest BCUT2D eigenvalue weighted by Crippen LogP contribution is 2.31. The van der Waals surface area contributed by atoms with Crippen LogP contribution in [0.15, 0.2) is 40.9 Å². The molecule has 106 valence electrons. The molecule has 2 nitrogen and oxygen atoms in total. The Morgan fingerprint density at radius 1 is 1.15 bits per heavy atom. The molecule has 0 spiro atoms. The highest BCUT2D eigenvalue weighted by atomic mass is 79.9. The van der Waals surface area contributed by atoms with E-state index in [0.717, 1.165) is 45.2 Å². The zero-order valence-corrected chi connectivity index (χ0v) is 13.9. The van der Waals surface area contributed by atoms with Crippen LogP contribution in [-0.2, 0) is 6.54 Å². The number of rotatable bonds is 5. The van der Waals surface area contributed by atoms with E-state index in [1.807, 2.05) is 37.3 Å². The fourth-order valence-corrected chi connectivity index (χ4v) is 2.53. The molecule has 20 heavy (non-hydrogen) atoms. The summed E-state index contributed by atoms with van der Waals surface area (Å²) in [6.45, 7) is 5.77. The quantitative estimate of drug-likeness (QED) is 0.785. The topological polar surface area (TPSA) is 21.3 Å². The molecule has 4 heteroatoms. The maximum absolute atomic E-state index is 6.03. The lowest BCUT2D eigenvalue weighted by molar-refractivity contribution is 0.469. The van der Waals surface area contributed by atoms with E-state index >= 15 is 0 Å². The van der Waals surface area contributed by atoms with Gasteiger partial charge in [0.15, 0.2) is 0 Å². The average Bonchev–Trinajstić information content (AvgIpc) is 2.41. The van der Waals surface area contributed by atoms with Crippen molar-refractivity contribution in [3.8, 4) is 11.5 Å². The van der Waals surface area contributed by atoms with Crippen LogP contribution < -0.4 is 10.1 Å². The van der Waals surface area contributed by atoms with Crippen molar-refractivity contribution in [2.75, 3.05) is 6.54 Å². The summed E-state index contributed by atoms with van der Waals surface area (Å²) in [4.78, 5) is 0. The van der Waals surface area contributed by atoms with Crippen molar-refractivity contribution in [1.82, 2.24) is 5.32 Å². The van der Waals surface area contributed by atoms with Gasteiger partial charge in [0.05, 0.1) is 0 Å². The summed E-state index contributed by atoms with van der Waals surface area (Å²) in [5, 5.41) is 4.04. The van der Waals surface area contributed by atoms with Crippen LogP contribution in [0.3, 0.4) is 0 Å². The van der Waals surface area contributed by atoms with Crippen molar-refractivity contribution in [2.24, 2.45) is 0 Å². The third-order valence-corrected chi connectivity index (χ3v) is 3.67. The van der Waals surface area contributed by atoms with Crippen molar-refractivity contribution in [2.45, 2.75) is 20.4 Å². The lowest BCUT2D eigenvalue weighted by Crippen LogP contribution is -2.12. The summed E-state index contributed by atoms with van der Waals surface area (Å²) in [5.41, 5.74) is 2.14. The molecule has 0 radical (unpaired) electrons. The van der Waals surface area contributed by atoms with Gasteiger partial charge in [-0.1, -0.05) is 34.5 Å². The van der Waals surface area contributed by atoms with Gasteiger partial charge in [-0.3, -0.25) is 0 Å². The first kappa shape index (κ1) is 15.4. The Bertz CT molecular complexity index is 601. The molecule has 0 saturated heterocycles. The van der Waals surface area contributed by atoms with Gasteiger partial charge in [-0.15, -0.1) is 0 Å². The number of halogens is 2. The Labute approximate surface area is 133 Å². The van der Waals surface area contributed by atoms with E-state index in [9.17, 15) is 0 Å². The zero-order valence-electron chi connectivity index (χ0n) is 11.5. The number of ether oxygens (including phenoxy) is 1. The lowest BCUT2D eigenvalue weighted by atomic mass is 10.2. The van der Waals surface area contributed by atoms with Gasteiger partial charge in [0.25, 0.3) is 0 Å². The molecule has 0 aliphatic carbocycles. The molecule has 2 aromatic rings. The zero-order chi connectivity index (χ0) is 14.5. The molecule has 0 aliphatic heterocycles. The third-order valence-electron chi connectivity index (χ3n) is 2.94. The normalized spacial score (nSPS) is 10.6. The molecule has 0 aromatic heterocycles. The van der Waals surface area contributed by atoms with E-state index in [0.29, 0.717) is 0 Å². The number of hydrogen-bond donors (Lipinski definition) is 1. The van der Waals surface area contributed by atoms with E-state index < -0.39 is 0 Å². The van der Waals surface area contributed by atoms with Crippen LogP contribution in [0.25, 0.3) is 0 Å². The predicted molar refractivity (Wildman–Crippen MR) is 87.8 cm³/mol. The minimum Gasteiger partial charge on any atom is -0.457 e. The summed E-state index contributed by atoms with van der Waals surface area (Å²) in [5.74, 6) is 1.69. The first-order valence-corrected chi connectivity index (χ1v) is 7.70. The van der Waals surface area contributed by atoms with E-state index in [-0.39, 0.29) is 0 Å². The van der Waals surface area contributed by atoms with E-state index in [1.165, 1.54) is 0 Å². The lowest BCUT2D eigenvalue weighted by Gasteiger charge is -2.14. The Morgan fingerprint density at radius 2 is 1.90 bits per heavy atom. The highest BCUT2D eigenvalue weighted by Gasteiger charge is 2.08. The van der Waals surface area contributed by atoms with Gasteiger partial charge in [-0.25, -0.2) is 0 Å². The van der Waals surface area contributed by atoms with Crippen molar-refractivity contribution in [3.05, 3.63) is 57.0 Å². The van der Waals surface area contributed by atoms with Crippen molar-refractivity contribution in [3.63, 3.8) is 0 Å². The van der Waals surface area contributed by atoms with Crippen LogP contribution in [0.2, 0.25) is 5.02 Å². The van der Waals surface area contributed by atoms with Crippen LogP contribution in [-0.4, -0.2) is 6.54 Å². The minimum atomic E-state index is 0.721. The van der Waals surface area contributed by atoms with Crippen molar-refractivity contribution < 1.29 is 4.74 Å². The predicted octanol–water partition coefficient (Wildman–Crippen LogP) is 5.31. The molecule has 0 unspecified atom stereocenters. The summed E-state index contributed by atoms with van der Waals surface area (Å²) in [6.07, 6.45) is 0. The molecule has 2 aromatic carbocycles. The maximum atomic E-state index is 6.03. The molecular weight excluding hydrogens is 338 g/mol. The van der Waals surface area contributed by atoms with Gasteiger partial charge in [0.2, 0.25) is 0 Å². The van der Waals surface area contributed by atoms with E-state index in [2.05, 4.69) is 34.2 Å². The van der Waals surface area contributed by atoms with Crippen LogP contribution >= 0.6 is 27.5 Å². The number of nitrogens with one attached hydrogen (secondary N) is 1. The Morgan fingerprint density at radius 3 is 2.60 bits per heavy atom. The Kier molecular flexibility index (Phi) is 5.46. The van der Waals surface area contributed by atoms with Crippen molar-refractivity contribution >= 4 is 27.5 Å². The second kappa shape index (κ2) is 7.11. The average molecular weight is 355 g/mol. The molecule has 1 N–H and O–H groups in total. The molecule has 0 heterocycles. The first-order chi connectivity index (χ1) is 9.60. The second-order valence-corrected chi connectivity index (χ2v) is 5.90. The van der Waals surface area contributed by atoms with Crippen LogP contribution in [0.5, 0.6) is 11.5 Å². The van der Waals surface area contributed by atoms with Crippen molar-refractivity contribution in [1.29, 1.82) is 0 Å². The Hall–Kier alpha value is -1.03. The summed E-state index contributed by atoms with van der Waals surface area (Å²) in [7, 11) is 0. The van der Waals surface area contributed by atoms with Gasteiger partial charge < -0.3 is 10.1 Å². The fraction of sp³-hybridized carbons (Fsp3) is 0.250. The standard InChI is InChI=1S/C16H17BrClNO/c1-3-19-10-12-9-13(17)4-6-16(12)20-15-7-5-14(18)8-11(15)2/h4-9,19H,3,10H2,1-2H3. The van der Waals surface area contributed by atoms with Gasteiger partial charge in [-0.2, -0.15) is 0 Å². The van der Waals surface area contributed by atoms with Crippen LogP contribution in [0.1, 0.15) is 18.1 Å². The second-order valence-electron chi connectivity index (χ2n) is 4.54. The Balaban J connectivity index is 2.27. The van der Waals surface area contributed by atoms with E-state index in [4.69, 9.17) is 16.3 Å². The summed E-state index contributed by atoms with van der Waals surface area (Å²) < 4.78 is 7.07. The van der Waals surface area contributed by atoms with Gasteiger partial charge in [0.1, 0.15) is 11.5 Å². The molecule has 0 atom stereocenters. The molecular formula is C16H17BrClNO. The summed E-state index contributed by atoms with van der Waals surface area (Å²) in [6, 6.07) is 11.7. The SMILES string of the molecule is CCNCc1cc(Br)ccc1Oc1ccc(Cl)cc1C. The fourth-order valence-electron chi connectivity index (χ4n) is 1.89. The number of aryl methyl sites for hydroxylation is 1. The number of benzene rings is 2. The highest BCUT2D eigenvalue weighted by molar-refractivity contribution is 9.10. The molecule has 0 fully saturated rings. The van der Waals surface area contributed by atoms with Gasteiger partial charge in [0, 0.05) is 21.6 Å². The maximum Gasteiger partial charge on any atom is 0.132 e. The molecule has 0 aliphatic rings. The first-order valence-electron chi connectivity index (χ1n) is 6.53. The number of hydrogen-bond acceptors (Lipinski definition) is 2.